The van der Waals surface area contributed by atoms with E-state index in [1.54, 1.807) is 0 Å². The van der Waals surface area contributed by atoms with Gasteiger partial charge in [-0.2, -0.15) is 22.0 Å². The molecule has 2 aromatic rings. The van der Waals surface area contributed by atoms with Crippen molar-refractivity contribution in [1.82, 2.24) is 0 Å². The summed E-state index contributed by atoms with van der Waals surface area (Å²) in [6, 6.07) is 1.90. The maximum absolute atomic E-state index is 14.9. The van der Waals surface area contributed by atoms with E-state index < -0.39 is 57.7 Å². The van der Waals surface area contributed by atoms with Crippen molar-refractivity contribution in [1.29, 1.82) is 0 Å². The van der Waals surface area contributed by atoms with Gasteiger partial charge < -0.3 is 4.74 Å². The van der Waals surface area contributed by atoms with E-state index in [0.717, 1.165) is 37.7 Å². The molecular weight excluding hydrogens is 456 g/mol. The Morgan fingerprint density at radius 3 is 2.21 bits per heavy atom. The van der Waals surface area contributed by atoms with Crippen LogP contribution in [0.3, 0.4) is 0 Å². The first-order chi connectivity index (χ1) is 15.4. The molecule has 0 amide bonds. The number of fused-ring (bicyclic) bond motifs is 2. The molecule has 3 unspecified atom stereocenters. The average molecular weight is 476 g/mol. The molecule has 0 saturated heterocycles. The largest absolute Gasteiger partial charge is 0.458 e. The normalized spacial score (nSPS) is 23.6. The zero-order chi connectivity index (χ0) is 24.0. The summed E-state index contributed by atoms with van der Waals surface area (Å²) >= 11 is 0. The third kappa shape index (κ3) is 5.04. The van der Waals surface area contributed by atoms with Crippen LogP contribution in [-0.4, -0.2) is 12.3 Å². The van der Waals surface area contributed by atoms with Crippen LogP contribution in [0.1, 0.15) is 50.5 Å². The van der Waals surface area contributed by atoms with E-state index in [1.807, 2.05) is 0 Å². The van der Waals surface area contributed by atoms with Crippen LogP contribution < -0.4 is 4.74 Å². The summed E-state index contributed by atoms with van der Waals surface area (Å²) in [5.41, 5.74) is -1.26. The molecule has 2 aliphatic rings. The van der Waals surface area contributed by atoms with E-state index in [0.29, 0.717) is 24.5 Å². The highest BCUT2D eigenvalue weighted by molar-refractivity contribution is 5.87. The van der Waals surface area contributed by atoms with Gasteiger partial charge in [0.25, 0.3) is 0 Å². The highest BCUT2D eigenvalue weighted by atomic mass is 19.4. The highest BCUT2D eigenvalue weighted by Gasteiger charge is 2.47. The molecule has 2 fully saturated rings. The summed E-state index contributed by atoms with van der Waals surface area (Å²) in [5.74, 6) is -3.51. The summed E-state index contributed by atoms with van der Waals surface area (Å²) in [7, 11) is 0. The van der Waals surface area contributed by atoms with Gasteiger partial charge in [-0.25, -0.2) is 13.2 Å². The molecule has 0 aliphatic heterocycles. The summed E-state index contributed by atoms with van der Waals surface area (Å²) in [5, 5.41) is -1.33. The molecule has 4 rings (SSSR count). The molecule has 0 N–H and O–H groups in total. The van der Waals surface area contributed by atoms with E-state index in [-0.39, 0.29) is 18.8 Å². The zero-order valence-electron chi connectivity index (χ0n) is 17.3. The molecule has 9 heteroatoms. The molecule has 2 aliphatic carbocycles. The number of ether oxygens (including phenoxy) is 1. The van der Waals surface area contributed by atoms with Crippen molar-refractivity contribution < 1.29 is 39.9 Å². The van der Waals surface area contributed by atoms with Crippen molar-refractivity contribution >= 4 is 10.8 Å². The van der Waals surface area contributed by atoms with Crippen LogP contribution in [-0.2, 0) is 0 Å². The Bertz CT molecular complexity index is 1110. The van der Waals surface area contributed by atoms with Gasteiger partial charge >= 0.3 is 12.3 Å². The quantitative estimate of drug-likeness (QED) is 0.325. The minimum absolute atomic E-state index is 0.194. The fourth-order valence-electron chi connectivity index (χ4n) is 5.11. The summed E-state index contributed by atoms with van der Waals surface area (Å²) in [6.45, 7) is 0. The fraction of sp³-hybridized carbons (Fsp3) is 0.500. The second-order valence-electron chi connectivity index (χ2n) is 8.78. The second-order valence-corrected chi connectivity index (χ2v) is 8.78. The molecule has 0 heterocycles. The lowest BCUT2D eigenvalue weighted by Crippen LogP contribution is -2.40. The molecule has 178 valence electrons. The lowest BCUT2D eigenvalue weighted by atomic mass is 9.67. The Balaban J connectivity index is 1.61. The monoisotopic (exact) mass is 476 g/mol. The van der Waals surface area contributed by atoms with Gasteiger partial charge in [0.15, 0.2) is 5.82 Å². The Kier molecular flexibility index (Phi) is 6.23. The van der Waals surface area contributed by atoms with E-state index in [2.05, 4.69) is 0 Å². The highest BCUT2D eigenvalue weighted by Crippen LogP contribution is 2.47. The molecule has 3 atom stereocenters. The van der Waals surface area contributed by atoms with Crippen LogP contribution in [0.2, 0.25) is 0 Å². The Hall–Kier alpha value is -2.50. The molecule has 0 spiro atoms. The van der Waals surface area contributed by atoms with E-state index in [9.17, 15) is 35.1 Å². The third-order valence-corrected chi connectivity index (χ3v) is 6.65. The SMILES string of the molecule is Fc1cc2cc(OC(F)(F)C3CCC4CCCCC4C3)cc(F)c2c(F)c1C#CC(F)(F)F. The molecule has 0 aromatic heterocycles. The smallest absolute Gasteiger partial charge is 0.432 e. The van der Waals surface area contributed by atoms with Crippen molar-refractivity contribution in [3.63, 3.8) is 0 Å². The lowest BCUT2D eigenvalue weighted by Gasteiger charge is -2.41. The van der Waals surface area contributed by atoms with Gasteiger partial charge in [-0.05, 0) is 48.6 Å². The van der Waals surface area contributed by atoms with Crippen molar-refractivity contribution in [2.75, 3.05) is 0 Å². The first-order valence-corrected chi connectivity index (χ1v) is 10.7. The summed E-state index contributed by atoms with van der Waals surface area (Å²) < 4.78 is 115. The van der Waals surface area contributed by atoms with Gasteiger partial charge in [-0.3, -0.25) is 0 Å². The molecule has 0 radical (unpaired) electrons. The molecule has 1 nitrogen and oxygen atoms in total. The predicted molar refractivity (Wildman–Crippen MR) is 105 cm³/mol. The van der Waals surface area contributed by atoms with Crippen LogP contribution in [0.25, 0.3) is 10.8 Å². The standard InChI is InChI=1S/C24H20F8O/c25-19-11-15-10-17(12-20(26)21(15)22(27)18(19)7-8-23(28,29)30)33-24(31,32)16-6-5-13-3-1-2-4-14(13)9-16/h10-14,16H,1-6,9H2. The Morgan fingerprint density at radius 2 is 1.52 bits per heavy atom. The number of halogens is 8. The van der Waals surface area contributed by atoms with Gasteiger partial charge in [0.2, 0.25) is 0 Å². The minimum atomic E-state index is -5.01. The molecule has 2 aromatic carbocycles. The van der Waals surface area contributed by atoms with Crippen LogP contribution in [0.4, 0.5) is 35.1 Å². The van der Waals surface area contributed by atoms with Crippen LogP contribution >= 0.6 is 0 Å². The third-order valence-electron chi connectivity index (χ3n) is 6.65. The van der Waals surface area contributed by atoms with Gasteiger partial charge in [-0.15, -0.1) is 0 Å². The van der Waals surface area contributed by atoms with Gasteiger partial charge in [-0.1, -0.05) is 31.6 Å². The second kappa shape index (κ2) is 8.69. The predicted octanol–water partition coefficient (Wildman–Crippen LogP) is 7.75. The molecular formula is C24H20F8O. The summed E-state index contributed by atoms with van der Waals surface area (Å²) in [4.78, 5) is 0. The molecule has 2 saturated carbocycles. The van der Waals surface area contributed by atoms with Crippen molar-refractivity contribution in [2.45, 2.75) is 57.2 Å². The topological polar surface area (TPSA) is 9.23 Å². The lowest BCUT2D eigenvalue weighted by molar-refractivity contribution is -0.228. The Labute approximate surface area is 185 Å². The molecule has 0 bridgehead atoms. The van der Waals surface area contributed by atoms with Crippen molar-refractivity contribution in [2.24, 2.45) is 17.8 Å². The number of benzene rings is 2. The summed E-state index contributed by atoms with van der Waals surface area (Å²) in [6.07, 6.45) is -3.38. The fourth-order valence-corrected chi connectivity index (χ4v) is 5.11. The van der Waals surface area contributed by atoms with E-state index >= 15 is 0 Å². The van der Waals surface area contributed by atoms with Crippen LogP contribution in [0.15, 0.2) is 18.2 Å². The zero-order valence-corrected chi connectivity index (χ0v) is 17.3. The van der Waals surface area contributed by atoms with Crippen LogP contribution in [0.5, 0.6) is 5.75 Å². The van der Waals surface area contributed by atoms with E-state index in [1.165, 1.54) is 5.92 Å². The first-order valence-electron chi connectivity index (χ1n) is 10.7. The van der Waals surface area contributed by atoms with Crippen LogP contribution in [0, 0.1) is 47.0 Å². The Morgan fingerprint density at radius 1 is 0.818 bits per heavy atom. The minimum Gasteiger partial charge on any atom is -0.432 e. The maximum Gasteiger partial charge on any atom is 0.458 e. The maximum atomic E-state index is 14.9. The van der Waals surface area contributed by atoms with Gasteiger partial charge in [0.05, 0.1) is 16.9 Å². The first kappa shape index (κ1) is 23.7. The van der Waals surface area contributed by atoms with Gasteiger partial charge in [0.1, 0.15) is 17.4 Å². The number of rotatable bonds is 3. The number of hydrogen-bond donors (Lipinski definition) is 0. The van der Waals surface area contributed by atoms with E-state index in [4.69, 9.17) is 4.74 Å². The van der Waals surface area contributed by atoms with Crippen molar-refractivity contribution in [3.05, 3.63) is 41.2 Å². The van der Waals surface area contributed by atoms with Crippen molar-refractivity contribution in [3.8, 4) is 17.6 Å². The number of hydrogen-bond acceptors (Lipinski definition) is 1. The average Bonchev–Trinajstić information content (AvgIpc) is 2.71. The van der Waals surface area contributed by atoms with Gasteiger partial charge in [0, 0.05) is 12.0 Å². The number of alkyl halides is 5. The molecule has 33 heavy (non-hydrogen) atoms.